The van der Waals surface area contributed by atoms with E-state index in [0.717, 1.165) is 59.7 Å². The van der Waals surface area contributed by atoms with E-state index >= 15 is 0 Å². The standard InChI is InChI=1S/C26H25NO4.CH4O3S/c28-18-8-7-15-11-20-26(29)12-17-16-3-1-2-4-19(16)30-22(17)24-25(26,21(15)23(18)31-24)9-10-27(20)13-14-5-6-14;1-5(2,3)4/h1-4,7-8,14,20,24,28-29H,5-6,9-13H2;1H3,(H,2,3,4)/t20?,24-,25?,26+;/m0./s1. The Bertz CT molecular complexity index is 1500. The predicted octanol–water partition coefficient (Wildman–Crippen LogP) is 3.34. The summed E-state index contributed by atoms with van der Waals surface area (Å²) < 4.78 is 38.8. The first-order chi connectivity index (χ1) is 17.1. The van der Waals surface area contributed by atoms with Crippen LogP contribution in [0.15, 0.2) is 40.8 Å². The Labute approximate surface area is 209 Å². The summed E-state index contributed by atoms with van der Waals surface area (Å²) in [5.41, 5.74) is 2.65. The third-order valence-corrected chi connectivity index (χ3v) is 8.93. The highest BCUT2D eigenvalue weighted by molar-refractivity contribution is 7.85. The van der Waals surface area contributed by atoms with Crippen molar-refractivity contribution in [1.82, 2.24) is 4.90 Å². The summed E-state index contributed by atoms with van der Waals surface area (Å²) in [4.78, 5) is 2.56. The molecule has 5 aliphatic rings. The summed E-state index contributed by atoms with van der Waals surface area (Å²) in [7, 11) is -3.67. The van der Waals surface area contributed by atoms with Crippen LogP contribution in [0.4, 0.5) is 0 Å². The zero-order valence-electron chi connectivity index (χ0n) is 20.0. The molecule has 3 N–H and O–H groups in total. The topological polar surface area (TPSA) is 120 Å². The second kappa shape index (κ2) is 7.25. The molecule has 3 aliphatic carbocycles. The van der Waals surface area contributed by atoms with Crippen molar-refractivity contribution < 1.29 is 32.3 Å². The molecule has 8 nitrogen and oxygen atoms in total. The van der Waals surface area contributed by atoms with E-state index in [-0.39, 0.29) is 11.8 Å². The van der Waals surface area contributed by atoms with Crippen molar-refractivity contribution in [3.63, 3.8) is 0 Å². The van der Waals surface area contributed by atoms with Crippen LogP contribution in [0, 0.1) is 5.92 Å². The van der Waals surface area contributed by atoms with Crippen molar-refractivity contribution in [3.8, 4) is 11.5 Å². The summed E-state index contributed by atoms with van der Waals surface area (Å²) >= 11 is 0. The first-order valence-electron chi connectivity index (χ1n) is 12.5. The van der Waals surface area contributed by atoms with Gasteiger partial charge in [-0.3, -0.25) is 9.45 Å². The van der Waals surface area contributed by atoms with Gasteiger partial charge in [-0.25, -0.2) is 0 Å². The van der Waals surface area contributed by atoms with Crippen LogP contribution in [0.25, 0.3) is 11.0 Å². The molecule has 190 valence electrons. The highest BCUT2D eigenvalue weighted by Gasteiger charge is 2.73. The Balaban J connectivity index is 0.000000406. The summed E-state index contributed by atoms with van der Waals surface area (Å²) in [6, 6.07) is 12.0. The lowest BCUT2D eigenvalue weighted by atomic mass is 9.49. The van der Waals surface area contributed by atoms with Gasteiger partial charge in [-0.2, -0.15) is 8.42 Å². The maximum atomic E-state index is 12.7. The molecule has 4 atom stereocenters. The van der Waals surface area contributed by atoms with Crippen LogP contribution in [-0.4, -0.2) is 59.1 Å². The number of aliphatic hydroxyl groups is 1. The van der Waals surface area contributed by atoms with E-state index in [1.54, 1.807) is 6.07 Å². The smallest absolute Gasteiger partial charge is 0.261 e. The van der Waals surface area contributed by atoms with Crippen molar-refractivity contribution in [3.05, 3.63) is 58.8 Å². The van der Waals surface area contributed by atoms with E-state index in [9.17, 15) is 18.6 Å². The SMILES string of the molecule is CS(=O)(=O)O.Oc1ccc2c3c1O[C@H]1c4oc5ccccc5c4C[C@@]4(O)C(C2)N(CC2CC2)CCC314. The van der Waals surface area contributed by atoms with Crippen LogP contribution in [0.2, 0.25) is 0 Å². The molecule has 1 aromatic heterocycles. The second-order valence-electron chi connectivity index (χ2n) is 11.1. The zero-order chi connectivity index (χ0) is 25.0. The van der Waals surface area contributed by atoms with E-state index in [1.807, 2.05) is 24.3 Å². The first-order valence-corrected chi connectivity index (χ1v) is 14.4. The Morgan fingerprint density at radius 1 is 1.17 bits per heavy atom. The molecule has 36 heavy (non-hydrogen) atoms. The molecule has 1 spiro atoms. The number of phenols is 1. The average Bonchev–Trinajstić information content (AvgIpc) is 3.44. The monoisotopic (exact) mass is 511 g/mol. The van der Waals surface area contributed by atoms with Crippen molar-refractivity contribution in [2.24, 2.45) is 5.92 Å². The summed E-state index contributed by atoms with van der Waals surface area (Å²) in [6.45, 7) is 2.03. The molecule has 2 unspecified atom stereocenters. The number of ether oxygens (including phenoxy) is 1. The fourth-order valence-corrected chi connectivity index (χ4v) is 7.42. The Hall–Kier alpha value is -2.59. The fourth-order valence-electron chi connectivity index (χ4n) is 7.42. The Kier molecular flexibility index (Phi) is 4.55. The molecule has 2 aromatic carbocycles. The predicted molar refractivity (Wildman–Crippen MR) is 132 cm³/mol. The van der Waals surface area contributed by atoms with Gasteiger partial charge >= 0.3 is 0 Å². The van der Waals surface area contributed by atoms with E-state index in [2.05, 4.69) is 11.0 Å². The number of benzene rings is 2. The quantitative estimate of drug-likeness (QED) is 0.448. The molecule has 9 heteroatoms. The molecule has 2 aliphatic heterocycles. The van der Waals surface area contributed by atoms with Crippen molar-refractivity contribution in [1.29, 1.82) is 0 Å². The number of nitrogens with zero attached hydrogens (tertiary/aromatic N) is 1. The van der Waals surface area contributed by atoms with Gasteiger partial charge < -0.3 is 19.4 Å². The van der Waals surface area contributed by atoms with Gasteiger partial charge in [0.05, 0.1) is 17.3 Å². The lowest BCUT2D eigenvalue weighted by molar-refractivity contribution is -0.175. The van der Waals surface area contributed by atoms with E-state index < -0.39 is 27.2 Å². The third kappa shape index (κ3) is 3.00. The lowest BCUT2D eigenvalue weighted by Gasteiger charge is -2.62. The summed E-state index contributed by atoms with van der Waals surface area (Å²) in [6.07, 6.45) is 5.12. The maximum absolute atomic E-state index is 12.7. The summed E-state index contributed by atoms with van der Waals surface area (Å²) in [5, 5.41) is 24.5. The minimum atomic E-state index is -3.67. The van der Waals surface area contributed by atoms with Crippen LogP contribution in [0.5, 0.6) is 11.5 Å². The van der Waals surface area contributed by atoms with Gasteiger partial charge in [0.15, 0.2) is 17.6 Å². The number of hydrogen-bond acceptors (Lipinski definition) is 7. The van der Waals surface area contributed by atoms with Crippen molar-refractivity contribution in [2.45, 2.75) is 55.3 Å². The van der Waals surface area contributed by atoms with Crippen LogP contribution < -0.4 is 4.74 Å². The van der Waals surface area contributed by atoms with Gasteiger partial charge in [-0.05, 0) is 55.8 Å². The zero-order valence-corrected chi connectivity index (χ0v) is 20.8. The molecule has 0 amide bonds. The Morgan fingerprint density at radius 2 is 1.92 bits per heavy atom. The number of hydrogen-bond donors (Lipinski definition) is 3. The minimum absolute atomic E-state index is 0.0535. The molecular weight excluding hydrogens is 482 g/mol. The molecule has 2 fully saturated rings. The van der Waals surface area contributed by atoms with Crippen LogP contribution >= 0.6 is 0 Å². The molecular formula is C27H29NO7S. The van der Waals surface area contributed by atoms with Gasteiger partial charge in [0.25, 0.3) is 10.1 Å². The number of aromatic hydroxyl groups is 1. The van der Waals surface area contributed by atoms with Crippen LogP contribution in [0.1, 0.15) is 47.8 Å². The largest absolute Gasteiger partial charge is 0.504 e. The van der Waals surface area contributed by atoms with Crippen LogP contribution in [-0.2, 0) is 28.4 Å². The van der Waals surface area contributed by atoms with Gasteiger partial charge in [0, 0.05) is 35.5 Å². The number of rotatable bonds is 2. The van der Waals surface area contributed by atoms with Gasteiger partial charge in [0.2, 0.25) is 0 Å². The first kappa shape index (κ1) is 22.6. The molecule has 3 heterocycles. The second-order valence-corrected chi connectivity index (χ2v) is 12.6. The van der Waals surface area contributed by atoms with Crippen LogP contribution in [0.3, 0.4) is 0 Å². The van der Waals surface area contributed by atoms with Gasteiger partial charge in [0.1, 0.15) is 11.3 Å². The van der Waals surface area contributed by atoms with E-state index in [4.69, 9.17) is 13.7 Å². The molecule has 1 saturated heterocycles. The summed E-state index contributed by atoms with van der Waals surface area (Å²) in [5.74, 6) is 2.34. The van der Waals surface area contributed by atoms with Gasteiger partial charge in [-0.1, -0.05) is 24.3 Å². The number of piperidine rings is 1. The highest BCUT2D eigenvalue weighted by atomic mass is 32.2. The fraction of sp³-hybridized carbons (Fsp3) is 0.481. The number of fused-ring (bicyclic) bond motifs is 4. The number of furan rings is 1. The van der Waals surface area contributed by atoms with E-state index in [0.29, 0.717) is 18.4 Å². The molecule has 0 radical (unpaired) electrons. The van der Waals surface area contributed by atoms with Crippen molar-refractivity contribution in [2.75, 3.05) is 19.3 Å². The molecule has 8 rings (SSSR count). The van der Waals surface area contributed by atoms with E-state index in [1.165, 1.54) is 18.4 Å². The molecule has 2 bridgehead atoms. The number of phenolic OH excluding ortho intramolecular Hbond substituents is 1. The van der Waals surface area contributed by atoms with Gasteiger partial charge in [-0.15, -0.1) is 0 Å². The molecule has 3 aromatic rings. The number of para-hydroxylation sites is 1. The normalized spacial score (nSPS) is 31.8. The Morgan fingerprint density at radius 3 is 2.67 bits per heavy atom. The molecule has 1 saturated carbocycles. The minimum Gasteiger partial charge on any atom is -0.504 e. The maximum Gasteiger partial charge on any atom is 0.261 e. The third-order valence-electron chi connectivity index (χ3n) is 8.93. The lowest BCUT2D eigenvalue weighted by Crippen LogP contribution is -2.74. The van der Waals surface area contributed by atoms with Crippen molar-refractivity contribution >= 4 is 21.1 Å². The highest BCUT2D eigenvalue weighted by Crippen LogP contribution is 2.69. The average molecular weight is 512 g/mol. The number of likely N-dealkylation sites (tertiary alicyclic amines) is 1.